The van der Waals surface area contributed by atoms with Crippen LogP contribution in [0.4, 0.5) is 0 Å². The van der Waals surface area contributed by atoms with Crippen molar-refractivity contribution in [1.82, 2.24) is 9.97 Å². The average Bonchev–Trinajstić information content (AvgIpc) is 1.86. The van der Waals surface area contributed by atoms with Crippen LogP contribution in [0.25, 0.3) is 0 Å². The largest absolute Gasteiger partial charge is 0.349 e. The van der Waals surface area contributed by atoms with E-state index in [-0.39, 0.29) is 29.6 Å². The van der Waals surface area contributed by atoms with Crippen molar-refractivity contribution >= 4 is 29.6 Å². The van der Waals surface area contributed by atoms with Gasteiger partial charge in [-0.1, -0.05) is 0 Å². The molecule has 0 amide bonds. The number of nitrogens with one attached hydrogen (secondary N) is 1. The van der Waals surface area contributed by atoms with Crippen LogP contribution in [0.2, 0.25) is 0 Å². The number of H-pyrrole nitrogens is 1. The number of aromatic nitrogens is 2. The maximum absolute atomic E-state index is 3.77. The molecule has 0 aliphatic carbocycles. The summed E-state index contributed by atoms with van der Waals surface area (Å²) in [5, 5.41) is 0. The number of aryl methyl sites for hydroxylation is 1. The van der Waals surface area contributed by atoms with E-state index in [1.807, 2.05) is 6.92 Å². The number of imidazole rings is 1. The minimum absolute atomic E-state index is 0. The van der Waals surface area contributed by atoms with E-state index < -0.39 is 0 Å². The maximum Gasteiger partial charge on any atom is 0.0921 e. The molecule has 1 N–H and O–H groups in total. The number of rotatable bonds is 0. The van der Waals surface area contributed by atoms with Gasteiger partial charge in [-0.25, -0.2) is 4.98 Å². The third kappa shape index (κ3) is 2.12. The van der Waals surface area contributed by atoms with Gasteiger partial charge in [-0.3, -0.25) is 0 Å². The van der Waals surface area contributed by atoms with Gasteiger partial charge in [0.1, 0.15) is 0 Å². The van der Waals surface area contributed by atoms with Crippen LogP contribution < -0.4 is 0 Å². The average molecular weight is 105 g/mol. The third-order valence-corrected chi connectivity index (χ3v) is 0.635. The number of hydrogen-bond donors (Lipinski definition) is 1. The van der Waals surface area contributed by atoms with Gasteiger partial charge in [-0.2, -0.15) is 0 Å². The summed E-state index contributed by atoms with van der Waals surface area (Å²) in [5.41, 5.74) is 1.11. The number of hydrogen-bond acceptors (Lipinski definition) is 1. The molecule has 0 aromatic carbocycles. The smallest absolute Gasteiger partial charge is 0.0921 e. The summed E-state index contributed by atoms with van der Waals surface area (Å²) in [6.45, 7) is 1.97. The van der Waals surface area contributed by atoms with Gasteiger partial charge < -0.3 is 4.98 Å². The van der Waals surface area contributed by atoms with Crippen LogP contribution in [0.5, 0.6) is 0 Å². The first-order valence-corrected chi connectivity index (χ1v) is 1.84. The molecule has 7 heavy (non-hydrogen) atoms. The van der Waals surface area contributed by atoms with Gasteiger partial charge in [0.2, 0.25) is 0 Å². The number of aromatic amines is 1. The molecule has 0 unspecified atom stereocenters. The van der Waals surface area contributed by atoms with Crippen molar-refractivity contribution in [1.29, 1.82) is 0 Å². The first kappa shape index (κ1) is 7.21. The molecule has 2 nitrogen and oxygen atoms in total. The van der Waals surface area contributed by atoms with Crippen molar-refractivity contribution in [2.75, 3.05) is 0 Å². The Morgan fingerprint density at radius 3 is 2.57 bits per heavy atom. The molecule has 0 aliphatic heterocycles. The van der Waals surface area contributed by atoms with Crippen LogP contribution >= 0.6 is 0 Å². The van der Waals surface area contributed by atoms with Gasteiger partial charge >= 0.3 is 0 Å². The molecular formula is C4H6N2Na. The second-order valence-electron chi connectivity index (χ2n) is 1.23. The van der Waals surface area contributed by atoms with Crippen molar-refractivity contribution in [2.24, 2.45) is 0 Å². The van der Waals surface area contributed by atoms with E-state index in [4.69, 9.17) is 0 Å². The fraction of sp³-hybridized carbons (Fsp3) is 0.250. The zero-order chi connectivity index (χ0) is 4.41. The van der Waals surface area contributed by atoms with Gasteiger partial charge in [0, 0.05) is 41.4 Å². The molecule has 0 saturated heterocycles. The summed E-state index contributed by atoms with van der Waals surface area (Å²) in [6.07, 6.45) is 3.44. The van der Waals surface area contributed by atoms with E-state index in [9.17, 15) is 0 Å². The van der Waals surface area contributed by atoms with E-state index >= 15 is 0 Å². The fourth-order valence-corrected chi connectivity index (χ4v) is 0.325. The van der Waals surface area contributed by atoms with Crippen LogP contribution in [-0.2, 0) is 0 Å². The third-order valence-electron chi connectivity index (χ3n) is 0.635. The Labute approximate surface area is 64.6 Å². The molecule has 1 heterocycles. The van der Waals surface area contributed by atoms with Crippen molar-refractivity contribution in [2.45, 2.75) is 6.92 Å². The van der Waals surface area contributed by atoms with Gasteiger partial charge in [-0.15, -0.1) is 0 Å². The van der Waals surface area contributed by atoms with Gasteiger partial charge in [-0.05, 0) is 6.92 Å². The van der Waals surface area contributed by atoms with Gasteiger partial charge in [0.15, 0.2) is 0 Å². The first-order chi connectivity index (χ1) is 2.89. The fourth-order valence-electron chi connectivity index (χ4n) is 0.325. The van der Waals surface area contributed by atoms with E-state index in [2.05, 4.69) is 9.97 Å². The molecule has 33 valence electrons. The van der Waals surface area contributed by atoms with Crippen LogP contribution in [0.1, 0.15) is 5.69 Å². The van der Waals surface area contributed by atoms with Crippen molar-refractivity contribution < 1.29 is 0 Å². The van der Waals surface area contributed by atoms with E-state index in [1.165, 1.54) is 0 Å². The Bertz CT molecular complexity index is 113. The van der Waals surface area contributed by atoms with Crippen LogP contribution in [-0.4, -0.2) is 39.5 Å². The van der Waals surface area contributed by atoms with E-state index in [0.717, 1.165) is 5.69 Å². The van der Waals surface area contributed by atoms with Gasteiger partial charge in [0.25, 0.3) is 0 Å². The quantitative estimate of drug-likeness (QED) is 0.473. The zero-order valence-electron chi connectivity index (χ0n) is 4.60. The molecule has 0 spiro atoms. The molecule has 3 heteroatoms. The van der Waals surface area contributed by atoms with Crippen molar-refractivity contribution in [3.8, 4) is 0 Å². The minimum atomic E-state index is 0. The molecule has 0 saturated carbocycles. The predicted octanol–water partition coefficient (Wildman–Crippen LogP) is 0.337. The number of nitrogens with zero attached hydrogens (tertiary/aromatic N) is 1. The summed E-state index contributed by atoms with van der Waals surface area (Å²) >= 11 is 0. The molecule has 1 rings (SSSR count). The molecule has 0 atom stereocenters. The summed E-state index contributed by atoms with van der Waals surface area (Å²) < 4.78 is 0. The van der Waals surface area contributed by atoms with E-state index in [1.54, 1.807) is 12.5 Å². The molecule has 0 bridgehead atoms. The Morgan fingerprint density at radius 2 is 2.43 bits per heavy atom. The molecule has 0 fully saturated rings. The summed E-state index contributed by atoms with van der Waals surface area (Å²) in [4.78, 5) is 6.66. The second kappa shape index (κ2) is 3.24. The van der Waals surface area contributed by atoms with E-state index in [0.29, 0.717) is 0 Å². The summed E-state index contributed by atoms with van der Waals surface area (Å²) in [6, 6.07) is 0. The second-order valence-corrected chi connectivity index (χ2v) is 1.23. The molecule has 1 radical (unpaired) electrons. The van der Waals surface area contributed by atoms with Crippen LogP contribution in [0.3, 0.4) is 0 Å². The zero-order valence-corrected chi connectivity index (χ0v) is 6.60. The van der Waals surface area contributed by atoms with Gasteiger partial charge in [0.05, 0.1) is 6.33 Å². The Hall–Kier alpha value is 0.210. The maximum atomic E-state index is 3.77. The Morgan fingerprint density at radius 1 is 1.71 bits per heavy atom. The SMILES string of the molecule is Cc1cnc[nH]1.[Na]. The molecular weight excluding hydrogens is 99.0 g/mol. The molecule has 1 aromatic heterocycles. The standard InChI is InChI=1S/C4H6N2.Na/c1-4-2-5-3-6-4;/h2-3H,1H3,(H,5,6);. The molecule has 1 aromatic rings. The Balaban J connectivity index is 0.000000360. The summed E-state index contributed by atoms with van der Waals surface area (Å²) in [7, 11) is 0. The minimum Gasteiger partial charge on any atom is -0.349 e. The Kier molecular flexibility index (Phi) is 3.34. The normalized spacial score (nSPS) is 7.57. The monoisotopic (exact) mass is 105 g/mol. The molecule has 0 aliphatic rings. The van der Waals surface area contributed by atoms with Crippen molar-refractivity contribution in [3.05, 3.63) is 18.2 Å². The van der Waals surface area contributed by atoms with Crippen LogP contribution in [0, 0.1) is 6.92 Å². The van der Waals surface area contributed by atoms with Crippen molar-refractivity contribution in [3.63, 3.8) is 0 Å². The first-order valence-electron chi connectivity index (χ1n) is 1.84. The summed E-state index contributed by atoms with van der Waals surface area (Å²) in [5.74, 6) is 0. The topological polar surface area (TPSA) is 28.7 Å². The predicted molar refractivity (Wildman–Crippen MR) is 29.1 cm³/mol. The van der Waals surface area contributed by atoms with Crippen LogP contribution in [0.15, 0.2) is 12.5 Å².